The number of nitrogens with zero attached hydrogens (tertiary/aromatic N) is 3. The van der Waals surface area contributed by atoms with Crippen LogP contribution in [-0.2, 0) is 19.4 Å². The lowest BCUT2D eigenvalue weighted by atomic mass is 10.0. The van der Waals surface area contributed by atoms with Crippen molar-refractivity contribution in [1.29, 1.82) is 0 Å². The van der Waals surface area contributed by atoms with E-state index in [1.165, 1.54) is 12.1 Å². The first kappa shape index (κ1) is 22.4. The van der Waals surface area contributed by atoms with Crippen LogP contribution < -0.4 is 15.4 Å². The van der Waals surface area contributed by atoms with E-state index in [0.29, 0.717) is 18.3 Å². The van der Waals surface area contributed by atoms with Crippen molar-refractivity contribution in [2.75, 3.05) is 23.8 Å². The van der Waals surface area contributed by atoms with E-state index in [1.807, 2.05) is 0 Å². The van der Waals surface area contributed by atoms with Crippen molar-refractivity contribution in [2.24, 2.45) is 7.05 Å². The number of amides is 1. The number of rotatable bonds is 3. The zero-order valence-electron chi connectivity index (χ0n) is 16.8. The fraction of sp³-hybridized carbons (Fsp3) is 0.250. The summed E-state index contributed by atoms with van der Waals surface area (Å²) in [5.74, 6) is -1.13. The Kier molecular flexibility index (Phi) is 5.42. The highest BCUT2D eigenvalue weighted by Gasteiger charge is 2.43. The lowest BCUT2D eigenvalue weighted by Crippen LogP contribution is -2.22. The molecule has 174 valence electrons. The van der Waals surface area contributed by atoms with Gasteiger partial charge in [0.05, 0.1) is 5.69 Å². The summed E-state index contributed by atoms with van der Waals surface area (Å²) in [4.78, 5) is 15.9. The van der Waals surface area contributed by atoms with E-state index in [9.17, 15) is 31.1 Å². The molecule has 2 N–H and O–H groups in total. The molecule has 0 radical (unpaired) electrons. The molecule has 0 aliphatic carbocycles. The van der Waals surface area contributed by atoms with E-state index in [4.69, 9.17) is 4.74 Å². The Morgan fingerprint density at radius 1 is 1.15 bits per heavy atom. The monoisotopic (exact) mass is 471 g/mol. The number of aryl methyl sites for hydroxylation is 1. The number of hydrogen-bond donors (Lipinski definition) is 2. The van der Waals surface area contributed by atoms with Gasteiger partial charge in [-0.1, -0.05) is 6.07 Å². The fourth-order valence-electron chi connectivity index (χ4n) is 3.45. The lowest BCUT2D eigenvalue weighted by molar-refractivity contribution is -0.141. The van der Waals surface area contributed by atoms with Crippen LogP contribution in [0.15, 0.2) is 36.5 Å². The second kappa shape index (κ2) is 7.98. The molecule has 7 nitrogen and oxygen atoms in total. The molecule has 0 saturated carbocycles. The molecule has 0 atom stereocenters. The summed E-state index contributed by atoms with van der Waals surface area (Å²) in [7, 11) is 1.13. The van der Waals surface area contributed by atoms with E-state index in [-0.39, 0.29) is 23.6 Å². The van der Waals surface area contributed by atoms with Gasteiger partial charge in [0.1, 0.15) is 29.3 Å². The number of halogens is 6. The third-order valence-electron chi connectivity index (χ3n) is 4.79. The molecule has 1 amide bonds. The van der Waals surface area contributed by atoms with Gasteiger partial charge in [-0.2, -0.15) is 31.4 Å². The van der Waals surface area contributed by atoms with Crippen LogP contribution in [0.1, 0.15) is 21.7 Å². The number of hydrogen-bond acceptors (Lipinski definition) is 5. The summed E-state index contributed by atoms with van der Waals surface area (Å²) in [6, 6.07) is 6.08. The number of anilines is 2. The Morgan fingerprint density at radius 3 is 2.61 bits per heavy atom. The Bertz CT molecular complexity index is 1220. The van der Waals surface area contributed by atoms with E-state index in [2.05, 4.69) is 20.7 Å². The first-order valence-electron chi connectivity index (χ1n) is 9.45. The second-order valence-electron chi connectivity index (χ2n) is 7.03. The summed E-state index contributed by atoms with van der Waals surface area (Å²) in [6.07, 6.45) is -9.01. The van der Waals surface area contributed by atoms with Crippen LogP contribution in [0.4, 0.5) is 37.7 Å². The Balaban J connectivity index is 1.80. The minimum absolute atomic E-state index is 0.0185. The molecular formula is C20H15F6N5O2. The standard InChI is InChI=1S/C20H15F6N5O2/c1-31-16(18(32)29-10-5-6-28-13(9-10)19(21,22)23)14(20(24,25)26)15(30-31)11-3-2-4-12-17(11)33-8-7-27-12/h2-6,9,27H,7-8H2,1H3,(H,28,29,32). The van der Waals surface area contributed by atoms with Gasteiger partial charge in [-0.25, -0.2) is 0 Å². The number of alkyl halides is 6. The Labute approximate surface area is 182 Å². The molecule has 0 spiro atoms. The molecule has 4 rings (SSSR count). The molecule has 3 heterocycles. The maximum atomic E-state index is 14.1. The first-order chi connectivity index (χ1) is 15.5. The van der Waals surface area contributed by atoms with Gasteiger partial charge in [-0.05, 0) is 24.3 Å². The third-order valence-corrected chi connectivity index (χ3v) is 4.79. The second-order valence-corrected chi connectivity index (χ2v) is 7.03. The molecule has 3 aromatic rings. The largest absolute Gasteiger partial charge is 0.489 e. The number of aromatic nitrogens is 3. The number of benzene rings is 1. The molecular weight excluding hydrogens is 456 g/mol. The minimum Gasteiger partial charge on any atom is -0.489 e. The summed E-state index contributed by atoms with van der Waals surface area (Å²) in [5.41, 5.74) is -3.93. The van der Waals surface area contributed by atoms with Gasteiger partial charge < -0.3 is 15.4 Å². The number of para-hydroxylation sites is 1. The summed E-state index contributed by atoms with van der Waals surface area (Å²) in [6.45, 7) is 0.680. The number of nitrogens with one attached hydrogen (secondary N) is 2. The van der Waals surface area contributed by atoms with Crippen molar-refractivity contribution in [3.05, 3.63) is 53.5 Å². The van der Waals surface area contributed by atoms with Crippen molar-refractivity contribution in [3.8, 4) is 17.0 Å². The van der Waals surface area contributed by atoms with Gasteiger partial charge in [0, 0.05) is 31.0 Å². The summed E-state index contributed by atoms with van der Waals surface area (Å²) in [5, 5.41) is 8.99. The highest BCUT2D eigenvalue weighted by Crippen LogP contribution is 2.44. The third kappa shape index (κ3) is 4.30. The van der Waals surface area contributed by atoms with Crippen LogP contribution in [-0.4, -0.2) is 33.8 Å². The Hall–Kier alpha value is -3.77. The molecule has 13 heteroatoms. The van der Waals surface area contributed by atoms with Crippen LogP contribution in [0.5, 0.6) is 5.75 Å². The van der Waals surface area contributed by atoms with Crippen molar-refractivity contribution >= 4 is 17.3 Å². The van der Waals surface area contributed by atoms with Gasteiger partial charge in [-0.15, -0.1) is 0 Å². The predicted molar refractivity (Wildman–Crippen MR) is 105 cm³/mol. The molecule has 1 aromatic carbocycles. The zero-order chi connectivity index (χ0) is 24.0. The van der Waals surface area contributed by atoms with Crippen molar-refractivity contribution in [3.63, 3.8) is 0 Å². The summed E-state index contributed by atoms with van der Waals surface area (Å²) >= 11 is 0. The number of pyridine rings is 1. The van der Waals surface area contributed by atoms with E-state index in [1.54, 1.807) is 6.07 Å². The van der Waals surface area contributed by atoms with Crippen LogP contribution in [0.3, 0.4) is 0 Å². The van der Waals surface area contributed by atoms with Crippen molar-refractivity contribution in [2.45, 2.75) is 12.4 Å². The molecule has 0 fully saturated rings. The zero-order valence-corrected chi connectivity index (χ0v) is 16.8. The average Bonchev–Trinajstić information content (AvgIpc) is 3.10. The fourth-order valence-corrected chi connectivity index (χ4v) is 3.45. The highest BCUT2D eigenvalue weighted by atomic mass is 19.4. The van der Waals surface area contributed by atoms with Crippen molar-refractivity contribution < 1.29 is 35.9 Å². The van der Waals surface area contributed by atoms with Gasteiger partial charge in [0.25, 0.3) is 5.91 Å². The molecule has 2 aromatic heterocycles. The topological polar surface area (TPSA) is 81.1 Å². The number of carbonyl (C=O) groups is 1. The van der Waals surface area contributed by atoms with Crippen LogP contribution >= 0.6 is 0 Å². The lowest BCUT2D eigenvalue weighted by Gasteiger charge is -2.21. The van der Waals surface area contributed by atoms with Crippen LogP contribution in [0, 0.1) is 0 Å². The van der Waals surface area contributed by atoms with Gasteiger partial charge in [-0.3, -0.25) is 14.5 Å². The van der Waals surface area contributed by atoms with E-state index in [0.717, 1.165) is 24.0 Å². The number of fused-ring (bicyclic) bond motifs is 1. The minimum atomic E-state index is -5.00. The highest BCUT2D eigenvalue weighted by molar-refractivity contribution is 6.05. The molecule has 33 heavy (non-hydrogen) atoms. The molecule has 0 unspecified atom stereocenters. The van der Waals surface area contributed by atoms with E-state index < -0.39 is 40.9 Å². The van der Waals surface area contributed by atoms with Gasteiger partial charge in [0.15, 0.2) is 5.75 Å². The molecule has 1 aliphatic heterocycles. The quantitative estimate of drug-likeness (QED) is 0.547. The maximum Gasteiger partial charge on any atom is 0.433 e. The SMILES string of the molecule is Cn1nc(-c2cccc3c2OCCN3)c(C(F)(F)F)c1C(=O)Nc1ccnc(C(F)(F)F)c1. The van der Waals surface area contributed by atoms with Crippen LogP contribution in [0.2, 0.25) is 0 Å². The number of carbonyl (C=O) groups excluding carboxylic acids is 1. The maximum absolute atomic E-state index is 14.1. The van der Waals surface area contributed by atoms with Gasteiger partial charge >= 0.3 is 12.4 Å². The predicted octanol–water partition coefficient (Wildman–Crippen LogP) is 4.58. The van der Waals surface area contributed by atoms with E-state index >= 15 is 0 Å². The normalized spacial score (nSPS) is 13.7. The molecule has 0 bridgehead atoms. The van der Waals surface area contributed by atoms with Crippen LogP contribution in [0.25, 0.3) is 11.3 Å². The molecule has 0 saturated heterocycles. The summed E-state index contributed by atoms with van der Waals surface area (Å²) < 4.78 is 87.3. The Morgan fingerprint density at radius 2 is 1.91 bits per heavy atom. The molecule has 1 aliphatic rings. The van der Waals surface area contributed by atoms with Gasteiger partial charge in [0.2, 0.25) is 0 Å². The van der Waals surface area contributed by atoms with Crippen molar-refractivity contribution in [1.82, 2.24) is 14.8 Å². The smallest absolute Gasteiger partial charge is 0.433 e. The average molecular weight is 471 g/mol. The number of ether oxygens (including phenoxy) is 1. The first-order valence-corrected chi connectivity index (χ1v) is 9.45.